The molecule has 4 N–H and O–H groups in total. The number of amides is 3. The largest absolute Gasteiger partial charge is 0.489 e. The number of nitrogens with one attached hydrogen (secondary N) is 3. The Kier molecular flexibility index (Phi) is 12.2. The third kappa shape index (κ3) is 8.86. The average molecular weight is 691 g/mol. The van der Waals surface area contributed by atoms with E-state index in [1.54, 1.807) is 4.90 Å². The van der Waals surface area contributed by atoms with Crippen LogP contribution in [0.15, 0.2) is 78.9 Å². The first-order chi connectivity index (χ1) is 24.0. The molecule has 2 fully saturated rings. The van der Waals surface area contributed by atoms with Gasteiger partial charge in [0.1, 0.15) is 35.1 Å². The van der Waals surface area contributed by atoms with Crippen molar-refractivity contribution in [1.29, 1.82) is 0 Å². The first-order valence-electron chi connectivity index (χ1n) is 17.5. The molecule has 0 radical (unpaired) electrons. The molecule has 2 saturated heterocycles. The van der Waals surface area contributed by atoms with Crippen LogP contribution in [0, 0.1) is 17.6 Å². The molecule has 7 atom stereocenters. The van der Waals surface area contributed by atoms with Crippen LogP contribution >= 0.6 is 0 Å². The third-order valence-electron chi connectivity index (χ3n) is 10.2. The van der Waals surface area contributed by atoms with E-state index >= 15 is 0 Å². The standard InChI is InChI=1S/C39H48F2N4O5/c1-4-25(2)39(44-26(3)46)17-18-45(38(39)49)35(16-15-27-11-7-5-8-12-27)37(48)43-34(21-28-19-29(40)22-30(41)20-28)36(47)33-23-32(24-42-33)50-31-13-9-6-10-14-31/h5-14,19-20,22,25,32-36,42,47H,4,15-18,21,23-24H2,1-3H3,(H,43,48)(H,44,46)/t25-,32+,33-,34+,35+,36+,39+/m1/s1. The van der Waals surface area contributed by atoms with Gasteiger partial charge in [-0.25, -0.2) is 8.78 Å². The molecule has 0 aromatic heterocycles. The van der Waals surface area contributed by atoms with Crippen molar-refractivity contribution < 1.29 is 33.0 Å². The summed E-state index contributed by atoms with van der Waals surface area (Å²) >= 11 is 0. The zero-order valence-electron chi connectivity index (χ0n) is 28.9. The summed E-state index contributed by atoms with van der Waals surface area (Å²) in [6.07, 6.45) is 0.707. The Morgan fingerprint density at radius 1 is 1.04 bits per heavy atom. The van der Waals surface area contributed by atoms with Crippen LogP contribution < -0.4 is 20.7 Å². The van der Waals surface area contributed by atoms with Crippen molar-refractivity contribution in [3.63, 3.8) is 0 Å². The van der Waals surface area contributed by atoms with Gasteiger partial charge in [-0.05, 0) is 67.0 Å². The maximum Gasteiger partial charge on any atom is 0.249 e. The first kappa shape index (κ1) is 36.9. The Morgan fingerprint density at radius 3 is 2.34 bits per heavy atom. The molecule has 2 heterocycles. The Morgan fingerprint density at radius 2 is 1.70 bits per heavy atom. The van der Waals surface area contributed by atoms with Gasteiger partial charge >= 0.3 is 0 Å². The second-order valence-electron chi connectivity index (χ2n) is 13.6. The molecule has 3 aromatic rings. The van der Waals surface area contributed by atoms with Crippen molar-refractivity contribution in [2.24, 2.45) is 5.92 Å². The summed E-state index contributed by atoms with van der Waals surface area (Å²) in [5, 5.41) is 21.0. The van der Waals surface area contributed by atoms with E-state index in [1.807, 2.05) is 74.5 Å². The molecule has 0 spiro atoms. The molecule has 0 aliphatic carbocycles. The van der Waals surface area contributed by atoms with E-state index in [0.717, 1.165) is 11.6 Å². The van der Waals surface area contributed by atoms with E-state index in [-0.39, 0.29) is 48.8 Å². The highest BCUT2D eigenvalue weighted by Crippen LogP contribution is 2.35. The highest BCUT2D eigenvalue weighted by molar-refractivity contribution is 5.96. The maximum absolute atomic E-state index is 14.4. The Bertz CT molecular complexity index is 1590. The number of nitrogens with zero attached hydrogens (tertiary/aromatic N) is 1. The summed E-state index contributed by atoms with van der Waals surface area (Å²) in [4.78, 5) is 42.6. The van der Waals surface area contributed by atoms with Gasteiger partial charge in [0.25, 0.3) is 0 Å². The topological polar surface area (TPSA) is 120 Å². The van der Waals surface area contributed by atoms with E-state index in [2.05, 4.69) is 16.0 Å². The molecular weight excluding hydrogens is 642 g/mol. The number of aliphatic hydroxyl groups is 1. The van der Waals surface area contributed by atoms with Crippen molar-refractivity contribution in [2.45, 2.75) is 95.2 Å². The van der Waals surface area contributed by atoms with E-state index in [0.29, 0.717) is 38.0 Å². The number of aliphatic hydroxyl groups excluding tert-OH is 1. The number of carbonyl (C=O) groups excluding carboxylic acids is 3. The highest BCUT2D eigenvalue weighted by atomic mass is 19.1. The van der Waals surface area contributed by atoms with Crippen LogP contribution in [-0.4, -0.2) is 76.7 Å². The summed E-state index contributed by atoms with van der Waals surface area (Å²) in [5.41, 5.74) is 0.102. The monoisotopic (exact) mass is 690 g/mol. The second kappa shape index (κ2) is 16.6. The summed E-state index contributed by atoms with van der Waals surface area (Å²) in [6.45, 7) is 5.96. The van der Waals surface area contributed by atoms with Gasteiger partial charge in [-0.15, -0.1) is 0 Å². The van der Waals surface area contributed by atoms with Crippen molar-refractivity contribution in [3.05, 3.63) is 102 Å². The van der Waals surface area contributed by atoms with Gasteiger partial charge < -0.3 is 30.7 Å². The van der Waals surface area contributed by atoms with E-state index < -0.39 is 47.3 Å². The molecule has 3 aromatic carbocycles. The van der Waals surface area contributed by atoms with E-state index in [9.17, 15) is 28.3 Å². The smallest absolute Gasteiger partial charge is 0.249 e. The van der Waals surface area contributed by atoms with E-state index in [4.69, 9.17) is 4.74 Å². The molecule has 0 saturated carbocycles. The molecule has 3 amide bonds. The van der Waals surface area contributed by atoms with Crippen LogP contribution in [0.2, 0.25) is 0 Å². The molecule has 50 heavy (non-hydrogen) atoms. The Balaban J connectivity index is 1.41. The predicted octanol–water partition coefficient (Wildman–Crippen LogP) is 4.32. The summed E-state index contributed by atoms with van der Waals surface area (Å²) in [5.74, 6) is -2.16. The molecule has 9 nitrogen and oxygen atoms in total. The molecule has 5 rings (SSSR count). The van der Waals surface area contributed by atoms with Crippen LogP contribution in [0.1, 0.15) is 57.6 Å². The fraction of sp³-hybridized carbons (Fsp3) is 0.462. The van der Waals surface area contributed by atoms with Crippen LogP contribution in [-0.2, 0) is 27.2 Å². The number of hydrogen-bond donors (Lipinski definition) is 4. The first-order valence-corrected chi connectivity index (χ1v) is 17.5. The number of ether oxygens (including phenoxy) is 1. The fourth-order valence-electron chi connectivity index (χ4n) is 7.37. The lowest BCUT2D eigenvalue weighted by atomic mass is 9.81. The van der Waals surface area contributed by atoms with Gasteiger partial charge in [0.05, 0.1) is 12.1 Å². The Hall–Kier alpha value is -4.35. The number of hydrogen-bond acceptors (Lipinski definition) is 6. The fourth-order valence-corrected chi connectivity index (χ4v) is 7.37. The SMILES string of the molecule is CC[C@@H](C)[C@@]1(NC(C)=O)CCN([C@@H](CCc2ccccc2)C(=O)N[C@@H](Cc2cc(F)cc(F)c2)[C@@H](O)[C@H]2C[C@H](Oc3ccccc3)CN2)C1=O. The second-order valence-corrected chi connectivity index (χ2v) is 13.6. The quantitative estimate of drug-likeness (QED) is 0.189. The number of rotatable bonds is 15. The minimum atomic E-state index is -1.17. The van der Waals surface area contributed by atoms with Crippen LogP contribution in [0.25, 0.3) is 0 Å². The lowest BCUT2D eigenvalue weighted by Crippen LogP contribution is -2.61. The minimum Gasteiger partial charge on any atom is -0.489 e. The summed E-state index contributed by atoms with van der Waals surface area (Å²) in [7, 11) is 0. The molecule has 0 unspecified atom stereocenters. The van der Waals surface area contributed by atoms with Gasteiger partial charge in [0.2, 0.25) is 17.7 Å². The van der Waals surface area contributed by atoms with Crippen LogP contribution in [0.3, 0.4) is 0 Å². The van der Waals surface area contributed by atoms with Crippen molar-refractivity contribution in [3.8, 4) is 5.75 Å². The number of para-hydroxylation sites is 1. The molecule has 2 aliphatic rings. The lowest BCUT2D eigenvalue weighted by molar-refractivity contribution is -0.144. The number of carbonyl (C=O) groups is 3. The molecule has 268 valence electrons. The molecular formula is C39H48F2N4O5. The third-order valence-corrected chi connectivity index (χ3v) is 10.2. The zero-order valence-corrected chi connectivity index (χ0v) is 28.9. The van der Waals surface area contributed by atoms with Crippen LogP contribution in [0.5, 0.6) is 5.75 Å². The van der Waals surface area contributed by atoms with Gasteiger partial charge in [0, 0.05) is 38.5 Å². The maximum atomic E-state index is 14.4. The van der Waals surface area contributed by atoms with Gasteiger partial charge in [-0.2, -0.15) is 0 Å². The summed E-state index contributed by atoms with van der Waals surface area (Å²) < 4.78 is 34.7. The van der Waals surface area contributed by atoms with Crippen molar-refractivity contribution in [1.82, 2.24) is 20.9 Å². The molecule has 2 aliphatic heterocycles. The molecule has 0 bridgehead atoms. The van der Waals surface area contributed by atoms with Gasteiger partial charge in [0.15, 0.2) is 0 Å². The number of benzene rings is 3. The van der Waals surface area contributed by atoms with Gasteiger partial charge in [-0.1, -0.05) is 68.8 Å². The zero-order chi connectivity index (χ0) is 35.8. The van der Waals surface area contributed by atoms with E-state index in [1.165, 1.54) is 19.1 Å². The predicted molar refractivity (Wildman–Crippen MR) is 186 cm³/mol. The Labute approximate surface area is 292 Å². The minimum absolute atomic E-state index is 0.0635. The van der Waals surface area contributed by atoms with Crippen molar-refractivity contribution >= 4 is 17.7 Å². The normalized spacial score (nSPS) is 22.8. The number of likely N-dealkylation sites (tertiary alicyclic amines) is 1. The lowest BCUT2D eigenvalue weighted by Gasteiger charge is -2.36. The van der Waals surface area contributed by atoms with Gasteiger partial charge in [-0.3, -0.25) is 14.4 Å². The number of halogens is 2. The summed E-state index contributed by atoms with van der Waals surface area (Å²) in [6, 6.07) is 19.7. The molecule has 11 heteroatoms. The van der Waals surface area contributed by atoms with Crippen molar-refractivity contribution in [2.75, 3.05) is 13.1 Å². The number of aryl methyl sites for hydroxylation is 1. The highest BCUT2D eigenvalue weighted by Gasteiger charge is 2.53. The van der Waals surface area contributed by atoms with Crippen LogP contribution in [0.4, 0.5) is 8.78 Å². The average Bonchev–Trinajstić information content (AvgIpc) is 3.68.